The highest BCUT2D eigenvalue weighted by Crippen LogP contribution is 2.20. The first-order chi connectivity index (χ1) is 9.53. The molecular formula is C15H14N2O2S. The lowest BCUT2D eigenvalue weighted by Crippen LogP contribution is -2.27. The maximum absolute atomic E-state index is 12.3. The van der Waals surface area contributed by atoms with Crippen LogP contribution in [0.1, 0.15) is 11.1 Å². The second-order valence-electron chi connectivity index (χ2n) is 4.37. The fourth-order valence-electron chi connectivity index (χ4n) is 1.81. The summed E-state index contributed by atoms with van der Waals surface area (Å²) in [5.74, 6) is -0.0683. The summed E-state index contributed by atoms with van der Waals surface area (Å²) in [4.78, 5) is 0. The first-order valence-corrected chi connectivity index (χ1v) is 7.64. The van der Waals surface area contributed by atoms with E-state index in [-0.39, 0.29) is 5.75 Å². The van der Waals surface area contributed by atoms with Crippen LogP contribution in [-0.4, -0.2) is 15.5 Å². The largest absolute Gasteiger partial charge is 0.273 e. The molecule has 0 spiro atoms. The van der Waals surface area contributed by atoms with Crippen LogP contribution >= 0.6 is 0 Å². The Balaban J connectivity index is 2.27. The molecule has 0 fully saturated rings. The van der Waals surface area contributed by atoms with Crippen molar-refractivity contribution in [1.82, 2.24) is 0 Å². The van der Waals surface area contributed by atoms with E-state index in [2.05, 4.69) is 0 Å². The van der Waals surface area contributed by atoms with Crippen LogP contribution in [0.25, 0.3) is 0 Å². The monoisotopic (exact) mass is 286 g/mol. The predicted octanol–water partition coefficient (Wildman–Crippen LogP) is 2.52. The van der Waals surface area contributed by atoms with Crippen molar-refractivity contribution in [3.8, 4) is 6.07 Å². The fraction of sp³-hybridized carbons (Fsp3) is 0.133. The van der Waals surface area contributed by atoms with E-state index in [1.807, 2.05) is 12.1 Å². The molecule has 0 heterocycles. The van der Waals surface area contributed by atoms with Gasteiger partial charge in [-0.15, -0.1) is 0 Å². The van der Waals surface area contributed by atoms with E-state index in [4.69, 9.17) is 5.26 Å². The minimum Gasteiger partial charge on any atom is -0.273 e. The van der Waals surface area contributed by atoms with Gasteiger partial charge < -0.3 is 0 Å². The molecule has 0 aliphatic carbocycles. The van der Waals surface area contributed by atoms with Crippen LogP contribution in [0.3, 0.4) is 0 Å². The summed E-state index contributed by atoms with van der Waals surface area (Å²) in [6.45, 7) is 0. The van der Waals surface area contributed by atoms with E-state index in [0.717, 1.165) is 5.56 Å². The van der Waals surface area contributed by atoms with E-state index in [1.165, 1.54) is 11.4 Å². The normalized spacial score (nSPS) is 10.8. The third-order valence-electron chi connectivity index (χ3n) is 2.95. The molecule has 2 rings (SSSR count). The molecule has 2 aromatic carbocycles. The van der Waals surface area contributed by atoms with Crippen LogP contribution in [0.4, 0.5) is 5.69 Å². The molecule has 20 heavy (non-hydrogen) atoms. The molecule has 0 N–H and O–H groups in total. The summed E-state index contributed by atoms with van der Waals surface area (Å²) >= 11 is 0. The Bertz CT molecular complexity index is 734. The average Bonchev–Trinajstić information content (AvgIpc) is 2.47. The molecule has 0 amide bonds. The zero-order chi connectivity index (χ0) is 14.6. The number of hydrogen-bond acceptors (Lipinski definition) is 3. The average molecular weight is 286 g/mol. The van der Waals surface area contributed by atoms with E-state index in [9.17, 15) is 8.42 Å². The van der Waals surface area contributed by atoms with Gasteiger partial charge >= 0.3 is 0 Å². The molecule has 0 atom stereocenters. The van der Waals surface area contributed by atoms with Gasteiger partial charge in [-0.1, -0.05) is 36.4 Å². The van der Waals surface area contributed by atoms with Crippen molar-refractivity contribution in [2.24, 2.45) is 0 Å². The molecule has 0 bridgehead atoms. The van der Waals surface area contributed by atoms with Crippen LogP contribution in [0, 0.1) is 11.3 Å². The van der Waals surface area contributed by atoms with Gasteiger partial charge in [0.15, 0.2) is 0 Å². The van der Waals surface area contributed by atoms with Crippen LogP contribution in [0.2, 0.25) is 0 Å². The Morgan fingerprint density at radius 2 is 1.80 bits per heavy atom. The molecule has 4 nitrogen and oxygen atoms in total. The van der Waals surface area contributed by atoms with Crippen LogP contribution in [0.5, 0.6) is 0 Å². The maximum Gasteiger partial charge on any atom is 0.239 e. The van der Waals surface area contributed by atoms with Gasteiger partial charge in [0, 0.05) is 7.05 Å². The maximum atomic E-state index is 12.3. The highest BCUT2D eigenvalue weighted by atomic mass is 32.2. The van der Waals surface area contributed by atoms with E-state index < -0.39 is 10.0 Å². The molecule has 0 aromatic heterocycles. The Morgan fingerprint density at radius 1 is 1.10 bits per heavy atom. The van der Waals surface area contributed by atoms with Crippen molar-refractivity contribution in [3.05, 3.63) is 65.7 Å². The van der Waals surface area contributed by atoms with Crippen molar-refractivity contribution >= 4 is 15.7 Å². The number of nitrogens with zero attached hydrogens (tertiary/aromatic N) is 2. The number of sulfonamides is 1. The molecule has 0 radical (unpaired) electrons. The topological polar surface area (TPSA) is 61.2 Å². The lowest BCUT2D eigenvalue weighted by molar-refractivity contribution is 0.593. The van der Waals surface area contributed by atoms with E-state index >= 15 is 0 Å². The van der Waals surface area contributed by atoms with Gasteiger partial charge in [-0.25, -0.2) is 8.42 Å². The number of anilines is 1. The summed E-state index contributed by atoms with van der Waals surface area (Å²) in [5.41, 5.74) is 1.65. The Labute approximate surface area is 118 Å². The minimum atomic E-state index is -3.47. The number of rotatable bonds is 4. The number of benzene rings is 2. The SMILES string of the molecule is CN(c1cccc(C#N)c1)S(=O)(=O)Cc1ccccc1. The predicted molar refractivity (Wildman–Crippen MR) is 78.6 cm³/mol. The third-order valence-corrected chi connectivity index (χ3v) is 4.69. The Hall–Kier alpha value is -2.32. The van der Waals surface area contributed by atoms with Gasteiger partial charge in [0.25, 0.3) is 0 Å². The van der Waals surface area contributed by atoms with Crippen LogP contribution in [0.15, 0.2) is 54.6 Å². The lowest BCUT2D eigenvalue weighted by Gasteiger charge is -2.19. The molecule has 0 unspecified atom stereocenters. The van der Waals surface area contributed by atoms with Gasteiger partial charge in [-0.3, -0.25) is 4.31 Å². The molecule has 0 aliphatic heterocycles. The first kappa shape index (κ1) is 14.1. The zero-order valence-corrected chi connectivity index (χ0v) is 11.8. The second kappa shape index (κ2) is 5.76. The van der Waals surface area contributed by atoms with Crippen molar-refractivity contribution in [2.75, 3.05) is 11.4 Å². The van der Waals surface area contributed by atoms with Crippen molar-refractivity contribution in [3.63, 3.8) is 0 Å². The highest BCUT2D eigenvalue weighted by Gasteiger charge is 2.19. The minimum absolute atomic E-state index is 0.0683. The molecule has 5 heteroatoms. The van der Waals surface area contributed by atoms with Crippen molar-refractivity contribution in [1.29, 1.82) is 5.26 Å². The highest BCUT2D eigenvalue weighted by molar-refractivity contribution is 7.92. The van der Waals surface area contributed by atoms with Crippen molar-refractivity contribution in [2.45, 2.75) is 5.75 Å². The summed E-state index contributed by atoms with van der Waals surface area (Å²) in [7, 11) is -1.97. The Morgan fingerprint density at radius 3 is 2.45 bits per heavy atom. The summed E-state index contributed by atoms with van der Waals surface area (Å²) in [5, 5.41) is 8.86. The fourth-order valence-corrected chi connectivity index (χ4v) is 3.06. The summed E-state index contributed by atoms with van der Waals surface area (Å²) < 4.78 is 25.9. The van der Waals surface area contributed by atoms with Gasteiger partial charge in [0.1, 0.15) is 0 Å². The first-order valence-electron chi connectivity index (χ1n) is 6.03. The van der Waals surface area contributed by atoms with Crippen LogP contribution < -0.4 is 4.31 Å². The van der Waals surface area contributed by atoms with Crippen LogP contribution in [-0.2, 0) is 15.8 Å². The zero-order valence-electron chi connectivity index (χ0n) is 11.0. The standard InChI is InChI=1S/C15H14N2O2S/c1-17(15-9-5-8-14(10-15)11-16)20(18,19)12-13-6-3-2-4-7-13/h2-10H,12H2,1H3. The second-order valence-corrected chi connectivity index (χ2v) is 6.37. The summed E-state index contributed by atoms with van der Waals surface area (Å²) in [6, 6.07) is 17.5. The van der Waals surface area contributed by atoms with E-state index in [0.29, 0.717) is 11.3 Å². The molecule has 0 aliphatic rings. The quantitative estimate of drug-likeness (QED) is 0.867. The van der Waals surface area contributed by atoms with Gasteiger partial charge in [0.2, 0.25) is 10.0 Å². The number of hydrogen-bond donors (Lipinski definition) is 0. The van der Waals surface area contributed by atoms with Gasteiger partial charge in [0.05, 0.1) is 23.1 Å². The van der Waals surface area contributed by atoms with Gasteiger partial charge in [-0.2, -0.15) is 5.26 Å². The molecular weight excluding hydrogens is 272 g/mol. The van der Waals surface area contributed by atoms with Gasteiger partial charge in [-0.05, 0) is 23.8 Å². The lowest BCUT2D eigenvalue weighted by atomic mass is 10.2. The molecule has 102 valence electrons. The molecule has 2 aromatic rings. The summed E-state index contributed by atoms with van der Waals surface area (Å²) in [6.07, 6.45) is 0. The smallest absolute Gasteiger partial charge is 0.239 e. The molecule has 0 saturated carbocycles. The Kier molecular flexibility index (Phi) is 4.06. The van der Waals surface area contributed by atoms with Crippen molar-refractivity contribution < 1.29 is 8.42 Å². The number of nitriles is 1. The molecule has 0 saturated heterocycles. The van der Waals surface area contributed by atoms with E-state index in [1.54, 1.807) is 48.5 Å². The third kappa shape index (κ3) is 3.16.